The predicted octanol–water partition coefficient (Wildman–Crippen LogP) is 0.890. The third-order valence-corrected chi connectivity index (χ3v) is 2.93. The first-order chi connectivity index (χ1) is 10.5. The van der Waals surface area contributed by atoms with Gasteiger partial charge in [0.15, 0.2) is 11.6 Å². The lowest BCUT2D eigenvalue weighted by Gasteiger charge is -2.16. The Hall–Kier alpha value is -3.03. The first-order valence-corrected chi connectivity index (χ1v) is 6.51. The van der Waals surface area contributed by atoms with Crippen LogP contribution in [-0.4, -0.2) is 37.1 Å². The third kappa shape index (κ3) is 3.35. The Kier molecular flexibility index (Phi) is 4.62. The molecular formula is C14H18N6O2. The zero-order valence-corrected chi connectivity index (χ0v) is 12.6. The Labute approximate surface area is 128 Å². The number of nitrogens with one attached hydrogen (secondary N) is 2. The first kappa shape index (κ1) is 15.4. The average Bonchev–Trinajstić information content (AvgIpc) is 2.53. The van der Waals surface area contributed by atoms with Gasteiger partial charge in [0.05, 0.1) is 7.11 Å². The number of nitrogen functional groups attached to an aromatic ring is 1. The molecule has 1 aromatic heterocycles. The van der Waals surface area contributed by atoms with Gasteiger partial charge in [-0.05, 0) is 24.3 Å². The highest BCUT2D eigenvalue weighted by molar-refractivity contribution is 5.95. The maximum absolute atomic E-state index is 12.0. The second kappa shape index (κ2) is 6.61. The summed E-state index contributed by atoms with van der Waals surface area (Å²) in [6.07, 6.45) is 1.37. The summed E-state index contributed by atoms with van der Waals surface area (Å²) in [5.74, 6) is 1.27. The molecule has 0 radical (unpaired) electrons. The summed E-state index contributed by atoms with van der Waals surface area (Å²) < 4.78 is 5.04. The molecule has 22 heavy (non-hydrogen) atoms. The van der Waals surface area contributed by atoms with Crippen molar-refractivity contribution in [1.29, 1.82) is 0 Å². The van der Waals surface area contributed by atoms with E-state index in [0.29, 0.717) is 28.6 Å². The van der Waals surface area contributed by atoms with E-state index in [2.05, 4.69) is 20.8 Å². The van der Waals surface area contributed by atoms with Crippen molar-refractivity contribution >= 4 is 23.2 Å². The fraction of sp³-hybridized carbons (Fsp3) is 0.214. The minimum absolute atomic E-state index is 0.313. The number of hydrazine groups is 1. The van der Waals surface area contributed by atoms with Crippen LogP contribution in [0, 0.1) is 0 Å². The van der Waals surface area contributed by atoms with Crippen LogP contribution in [0.25, 0.3) is 0 Å². The van der Waals surface area contributed by atoms with Crippen LogP contribution >= 0.6 is 0 Å². The molecule has 0 unspecified atom stereocenters. The molecule has 116 valence electrons. The second-order valence-electron chi connectivity index (χ2n) is 4.66. The van der Waals surface area contributed by atoms with Crippen LogP contribution < -0.4 is 26.2 Å². The number of carbonyl (C=O) groups is 1. The van der Waals surface area contributed by atoms with Crippen LogP contribution in [-0.2, 0) is 0 Å². The van der Waals surface area contributed by atoms with Gasteiger partial charge in [-0.15, -0.1) is 0 Å². The Bertz CT molecular complexity index is 657. The largest absolute Gasteiger partial charge is 0.497 e. The number of methoxy groups -OCH3 is 1. The number of rotatable bonds is 5. The van der Waals surface area contributed by atoms with Gasteiger partial charge in [0, 0.05) is 19.7 Å². The predicted molar refractivity (Wildman–Crippen MR) is 84.9 cm³/mol. The van der Waals surface area contributed by atoms with E-state index in [1.54, 1.807) is 36.3 Å². The van der Waals surface area contributed by atoms with E-state index in [4.69, 9.17) is 10.5 Å². The van der Waals surface area contributed by atoms with E-state index < -0.39 is 0 Å². The minimum atomic E-state index is -0.313. The summed E-state index contributed by atoms with van der Waals surface area (Å²) in [7, 11) is 5.20. The highest BCUT2D eigenvalue weighted by Crippen LogP contribution is 2.23. The fourth-order valence-electron chi connectivity index (χ4n) is 1.77. The van der Waals surface area contributed by atoms with E-state index in [9.17, 15) is 4.79 Å². The zero-order chi connectivity index (χ0) is 16.1. The van der Waals surface area contributed by atoms with Crippen molar-refractivity contribution in [2.75, 3.05) is 37.3 Å². The summed E-state index contributed by atoms with van der Waals surface area (Å²) in [6.45, 7) is 0. The highest BCUT2D eigenvalue weighted by Gasteiger charge is 2.11. The Morgan fingerprint density at radius 3 is 2.50 bits per heavy atom. The molecule has 0 aliphatic rings. The highest BCUT2D eigenvalue weighted by atomic mass is 16.5. The number of hydrogen-bond donors (Lipinski definition) is 3. The molecule has 0 bridgehead atoms. The normalized spacial score (nSPS) is 9.95. The van der Waals surface area contributed by atoms with E-state index in [0.717, 1.165) is 0 Å². The second-order valence-corrected chi connectivity index (χ2v) is 4.66. The van der Waals surface area contributed by atoms with Crippen molar-refractivity contribution in [3.8, 4) is 5.75 Å². The number of anilines is 3. The van der Waals surface area contributed by atoms with Crippen LogP contribution in [0.15, 0.2) is 30.6 Å². The molecular weight excluding hydrogens is 284 g/mol. The number of aromatic nitrogens is 2. The molecule has 0 fully saturated rings. The first-order valence-electron chi connectivity index (χ1n) is 6.51. The summed E-state index contributed by atoms with van der Waals surface area (Å²) in [4.78, 5) is 21.9. The monoisotopic (exact) mass is 302 g/mol. The fourth-order valence-corrected chi connectivity index (χ4v) is 1.77. The van der Waals surface area contributed by atoms with Crippen LogP contribution in [0.1, 0.15) is 10.4 Å². The molecule has 0 aliphatic carbocycles. The SMILES string of the molecule is COc1ccc(C(=O)NNc2ncnc(N(C)C)c2N)cc1. The molecule has 0 aliphatic heterocycles. The van der Waals surface area contributed by atoms with Gasteiger partial charge >= 0.3 is 0 Å². The molecule has 0 saturated carbocycles. The van der Waals surface area contributed by atoms with Crippen molar-refractivity contribution in [2.24, 2.45) is 0 Å². The molecule has 8 heteroatoms. The minimum Gasteiger partial charge on any atom is -0.497 e. The van der Waals surface area contributed by atoms with Crippen molar-refractivity contribution in [2.45, 2.75) is 0 Å². The van der Waals surface area contributed by atoms with Gasteiger partial charge < -0.3 is 15.4 Å². The molecule has 1 amide bonds. The van der Waals surface area contributed by atoms with Crippen LogP contribution in [0.4, 0.5) is 17.3 Å². The topological polar surface area (TPSA) is 105 Å². The van der Waals surface area contributed by atoms with E-state index in [1.807, 2.05) is 14.1 Å². The van der Waals surface area contributed by atoms with Crippen LogP contribution in [0.2, 0.25) is 0 Å². The maximum atomic E-state index is 12.0. The molecule has 4 N–H and O–H groups in total. The van der Waals surface area contributed by atoms with Crippen molar-refractivity contribution in [3.63, 3.8) is 0 Å². The quantitative estimate of drug-likeness (QED) is 0.704. The average molecular weight is 302 g/mol. The van der Waals surface area contributed by atoms with Crippen LogP contribution in [0.3, 0.4) is 0 Å². The zero-order valence-electron chi connectivity index (χ0n) is 12.6. The number of nitrogens with two attached hydrogens (primary N) is 1. The molecule has 8 nitrogen and oxygen atoms in total. The van der Waals surface area contributed by atoms with E-state index >= 15 is 0 Å². The van der Waals surface area contributed by atoms with Gasteiger partial charge in [-0.1, -0.05) is 0 Å². The van der Waals surface area contributed by atoms with Crippen molar-refractivity contribution in [3.05, 3.63) is 36.2 Å². The smallest absolute Gasteiger partial charge is 0.269 e. The van der Waals surface area contributed by atoms with Crippen molar-refractivity contribution < 1.29 is 9.53 Å². The number of ether oxygens (including phenoxy) is 1. The molecule has 1 heterocycles. The van der Waals surface area contributed by atoms with Gasteiger partial charge in [-0.2, -0.15) is 0 Å². The summed E-state index contributed by atoms with van der Waals surface area (Å²) in [5.41, 5.74) is 12.0. The maximum Gasteiger partial charge on any atom is 0.269 e. The van der Waals surface area contributed by atoms with Crippen molar-refractivity contribution in [1.82, 2.24) is 15.4 Å². The van der Waals surface area contributed by atoms with E-state index in [1.165, 1.54) is 6.33 Å². The summed E-state index contributed by atoms with van der Waals surface area (Å²) >= 11 is 0. The number of carbonyl (C=O) groups excluding carboxylic acids is 1. The van der Waals surface area contributed by atoms with E-state index in [-0.39, 0.29) is 5.91 Å². The van der Waals surface area contributed by atoms with Gasteiger partial charge in [0.25, 0.3) is 5.91 Å². The lowest BCUT2D eigenvalue weighted by molar-refractivity contribution is 0.0962. The Morgan fingerprint density at radius 2 is 1.91 bits per heavy atom. The molecule has 2 rings (SSSR count). The summed E-state index contributed by atoms with van der Waals surface area (Å²) in [6, 6.07) is 6.73. The van der Waals surface area contributed by atoms with Gasteiger partial charge in [0.2, 0.25) is 0 Å². The summed E-state index contributed by atoms with van der Waals surface area (Å²) in [5, 5.41) is 0. The molecule has 2 aromatic rings. The third-order valence-electron chi connectivity index (χ3n) is 2.93. The number of nitrogens with zero attached hydrogens (tertiary/aromatic N) is 3. The standard InChI is InChI=1S/C14H18N6O2/c1-20(2)13-11(15)12(16-8-17-13)18-19-14(21)9-4-6-10(22-3)7-5-9/h4-8H,15H2,1-3H3,(H,19,21)(H,16,17,18). The number of benzene rings is 1. The lowest BCUT2D eigenvalue weighted by Crippen LogP contribution is -2.30. The van der Waals surface area contributed by atoms with Gasteiger partial charge in [-0.3, -0.25) is 15.6 Å². The van der Waals surface area contributed by atoms with Gasteiger partial charge in [-0.25, -0.2) is 9.97 Å². The number of amides is 1. The Morgan fingerprint density at radius 1 is 1.23 bits per heavy atom. The molecule has 0 spiro atoms. The molecule has 0 saturated heterocycles. The molecule has 0 atom stereocenters. The Balaban J connectivity index is 2.06. The lowest BCUT2D eigenvalue weighted by atomic mass is 10.2. The molecule has 1 aromatic carbocycles. The van der Waals surface area contributed by atoms with Gasteiger partial charge in [0.1, 0.15) is 17.8 Å². The van der Waals surface area contributed by atoms with Crippen LogP contribution in [0.5, 0.6) is 5.75 Å². The number of hydrogen-bond acceptors (Lipinski definition) is 7.